The van der Waals surface area contributed by atoms with Gasteiger partial charge in [0.25, 0.3) is 0 Å². The highest BCUT2D eigenvalue weighted by atomic mass is 32.2. The largest absolute Gasteiger partial charge is 0.497 e. The molecule has 0 spiro atoms. The summed E-state index contributed by atoms with van der Waals surface area (Å²) in [6.45, 7) is 7.70. The predicted octanol–water partition coefficient (Wildman–Crippen LogP) is 7.55. The number of hydrogen-bond acceptors (Lipinski definition) is 5. The first-order chi connectivity index (χ1) is 17.5. The van der Waals surface area contributed by atoms with Crippen LogP contribution in [-0.2, 0) is 5.41 Å². The van der Waals surface area contributed by atoms with Gasteiger partial charge in [0, 0.05) is 17.4 Å². The normalized spacial score (nSPS) is 19.1. The molecule has 0 aliphatic carbocycles. The molecule has 0 N–H and O–H groups in total. The Morgan fingerprint density at radius 3 is 2.33 bits per heavy atom. The summed E-state index contributed by atoms with van der Waals surface area (Å²) in [6.07, 6.45) is 8.86. The average molecular weight is 514 g/mol. The second-order valence-electron chi connectivity index (χ2n) is 10.4. The van der Waals surface area contributed by atoms with Crippen LogP contribution in [0.4, 0.5) is 0 Å². The molecule has 0 radical (unpaired) electrons. The van der Waals surface area contributed by atoms with Crippen LogP contribution in [0.15, 0.2) is 42.5 Å². The van der Waals surface area contributed by atoms with E-state index in [1.54, 1.807) is 14.2 Å². The van der Waals surface area contributed by atoms with Crippen LogP contribution >= 0.6 is 11.8 Å². The zero-order valence-electron chi connectivity index (χ0n) is 23.2. The average Bonchev–Trinajstić information content (AvgIpc) is 2.91. The van der Waals surface area contributed by atoms with E-state index in [-0.39, 0.29) is 5.41 Å². The summed E-state index contributed by atoms with van der Waals surface area (Å²) in [6, 6.07) is 14.9. The first kappa shape index (κ1) is 28.7. The maximum absolute atomic E-state index is 6.33. The summed E-state index contributed by atoms with van der Waals surface area (Å²) >= 11 is 2.11. The van der Waals surface area contributed by atoms with E-state index in [4.69, 9.17) is 14.2 Å². The molecule has 1 aliphatic heterocycles. The highest BCUT2D eigenvalue weighted by molar-refractivity contribution is 7.99. The maximum Gasteiger partial charge on any atom is 0.126 e. The molecule has 0 fully saturated rings. The first-order valence-electron chi connectivity index (χ1n) is 13.7. The van der Waals surface area contributed by atoms with Gasteiger partial charge in [0.1, 0.15) is 17.2 Å². The Labute approximate surface area is 224 Å². The van der Waals surface area contributed by atoms with Gasteiger partial charge in [-0.3, -0.25) is 0 Å². The lowest BCUT2D eigenvalue weighted by molar-refractivity contribution is 0.162. The predicted molar refractivity (Wildman–Crippen MR) is 154 cm³/mol. The highest BCUT2D eigenvalue weighted by Crippen LogP contribution is 2.49. The van der Waals surface area contributed by atoms with Crippen molar-refractivity contribution < 1.29 is 14.2 Å². The molecule has 0 aromatic heterocycles. The van der Waals surface area contributed by atoms with Crippen molar-refractivity contribution in [2.45, 2.75) is 70.1 Å². The van der Waals surface area contributed by atoms with Gasteiger partial charge in [-0.25, -0.2) is 0 Å². The van der Waals surface area contributed by atoms with E-state index >= 15 is 0 Å². The van der Waals surface area contributed by atoms with Crippen LogP contribution in [-0.4, -0.2) is 57.4 Å². The Morgan fingerprint density at radius 1 is 0.917 bits per heavy atom. The van der Waals surface area contributed by atoms with Gasteiger partial charge in [0.05, 0.1) is 20.8 Å². The SMILES string of the molecule is CCCCSCCCN(C)CCCCCC1c2ccc(OC)cc2OCC1(C)c1ccc(OC)cc1. The molecule has 200 valence electrons. The molecular formula is C31H47NO3S. The molecule has 0 bridgehead atoms. The Balaban J connectivity index is 1.57. The third-order valence-corrected chi connectivity index (χ3v) is 8.80. The quantitative estimate of drug-likeness (QED) is 0.216. The van der Waals surface area contributed by atoms with Gasteiger partial charge in [0.2, 0.25) is 0 Å². The van der Waals surface area contributed by atoms with E-state index in [9.17, 15) is 0 Å². The van der Waals surface area contributed by atoms with Gasteiger partial charge in [-0.05, 0) is 86.7 Å². The number of hydrogen-bond donors (Lipinski definition) is 0. The molecule has 3 rings (SSSR count). The van der Waals surface area contributed by atoms with Crippen molar-refractivity contribution in [1.29, 1.82) is 0 Å². The third kappa shape index (κ3) is 7.82. The van der Waals surface area contributed by atoms with Crippen molar-refractivity contribution >= 4 is 11.8 Å². The van der Waals surface area contributed by atoms with E-state index in [0.29, 0.717) is 12.5 Å². The summed E-state index contributed by atoms with van der Waals surface area (Å²) in [5.41, 5.74) is 2.53. The molecule has 5 heteroatoms. The molecule has 1 aliphatic rings. The molecule has 2 atom stereocenters. The van der Waals surface area contributed by atoms with Crippen molar-refractivity contribution in [2.24, 2.45) is 0 Å². The van der Waals surface area contributed by atoms with Gasteiger partial charge in [0.15, 0.2) is 0 Å². The Morgan fingerprint density at radius 2 is 1.61 bits per heavy atom. The van der Waals surface area contributed by atoms with E-state index < -0.39 is 0 Å². The van der Waals surface area contributed by atoms with Crippen molar-refractivity contribution in [1.82, 2.24) is 4.90 Å². The molecule has 0 saturated heterocycles. The number of rotatable bonds is 16. The molecule has 1 heterocycles. The maximum atomic E-state index is 6.33. The Kier molecular flexibility index (Phi) is 11.8. The molecule has 4 nitrogen and oxygen atoms in total. The van der Waals surface area contributed by atoms with Crippen molar-refractivity contribution in [3.8, 4) is 17.2 Å². The Bertz CT molecular complexity index is 903. The summed E-state index contributed by atoms with van der Waals surface area (Å²) < 4.78 is 17.2. The number of thioether (sulfide) groups is 1. The lowest BCUT2D eigenvalue weighted by Gasteiger charge is -2.43. The minimum atomic E-state index is -0.0832. The van der Waals surface area contributed by atoms with Gasteiger partial charge >= 0.3 is 0 Å². The number of unbranched alkanes of at least 4 members (excludes halogenated alkanes) is 3. The standard InChI is InChI=1S/C31H47NO3S/c1-6-7-21-36-22-11-20-32(3)19-10-8-9-12-29-28-18-17-27(34-5)23-30(28)35-24-31(29,2)25-13-15-26(33-4)16-14-25/h13-18,23,29H,6-12,19-22,24H2,1-5H3. The van der Waals surface area contributed by atoms with Gasteiger partial charge < -0.3 is 19.1 Å². The summed E-state index contributed by atoms with van der Waals surface area (Å²) in [5.74, 6) is 5.73. The van der Waals surface area contributed by atoms with Gasteiger partial charge in [-0.2, -0.15) is 11.8 Å². The lowest BCUT2D eigenvalue weighted by atomic mass is 9.66. The highest BCUT2D eigenvalue weighted by Gasteiger charge is 2.42. The topological polar surface area (TPSA) is 30.9 Å². The second kappa shape index (κ2) is 14.8. The van der Waals surface area contributed by atoms with Crippen LogP contribution in [0.25, 0.3) is 0 Å². The van der Waals surface area contributed by atoms with E-state index in [1.165, 1.54) is 74.2 Å². The van der Waals surface area contributed by atoms with E-state index in [0.717, 1.165) is 23.7 Å². The molecule has 2 aromatic rings. The molecular weight excluding hydrogens is 466 g/mol. The fourth-order valence-electron chi connectivity index (χ4n) is 5.26. The van der Waals surface area contributed by atoms with Gasteiger partial charge in [-0.15, -0.1) is 0 Å². The smallest absolute Gasteiger partial charge is 0.126 e. The molecule has 2 unspecified atom stereocenters. The van der Waals surface area contributed by atoms with Crippen LogP contribution < -0.4 is 14.2 Å². The molecule has 36 heavy (non-hydrogen) atoms. The zero-order valence-corrected chi connectivity index (χ0v) is 24.0. The van der Waals surface area contributed by atoms with Crippen molar-refractivity contribution in [2.75, 3.05) is 52.5 Å². The summed E-state index contributed by atoms with van der Waals surface area (Å²) in [5, 5.41) is 0. The zero-order chi connectivity index (χ0) is 25.8. The number of benzene rings is 2. The van der Waals surface area contributed by atoms with E-state index in [1.807, 2.05) is 6.07 Å². The fourth-order valence-corrected chi connectivity index (χ4v) is 6.29. The first-order valence-corrected chi connectivity index (χ1v) is 14.9. The minimum absolute atomic E-state index is 0.0832. The minimum Gasteiger partial charge on any atom is -0.497 e. The number of methoxy groups -OCH3 is 2. The van der Waals surface area contributed by atoms with Crippen LogP contribution in [0.3, 0.4) is 0 Å². The Hall–Kier alpha value is -1.85. The van der Waals surface area contributed by atoms with Crippen LogP contribution in [0.1, 0.15) is 75.8 Å². The van der Waals surface area contributed by atoms with Crippen LogP contribution in [0.2, 0.25) is 0 Å². The number of nitrogens with zero attached hydrogens (tertiary/aromatic N) is 1. The second-order valence-corrected chi connectivity index (χ2v) is 11.6. The van der Waals surface area contributed by atoms with Crippen LogP contribution in [0.5, 0.6) is 17.2 Å². The molecule has 0 saturated carbocycles. The fraction of sp³-hybridized carbons (Fsp3) is 0.613. The third-order valence-electron chi connectivity index (χ3n) is 7.65. The number of fused-ring (bicyclic) bond motifs is 1. The molecule has 2 aromatic carbocycles. The molecule has 0 amide bonds. The monoisotopic (exact) mass is 513 g/mol. The lowest BCUT2D eigenvalue weighted by Crippen LogP contribution is -2.40. The van der Waals surface area contributed by atoms with Crippen LogP contribution in [0, 0.1) is 0 Å². The van der Waals surface area contributed by atoms with E-state index in [2.05, 4.69) is 74.0 Å². The summed E-state index contributed by atoms with van der Waals surface area (Å²) in [7, 11) is 5.71. The number of ether oxygens (including phenoxy) is 3. The van der Waals surface area contributed by atoms with Crippen molar-refractivity contribution in [3.05, 3.63) is 53.6 Å². The summed E-state index contributed by atoms with van der Waals surface area (Å²) in [4.78, 5) is 2.51. The van der Waals surface area contributed by atoms with Crippen molar-refractivity contribution in [3.63, 3.8) is 0 Å². The van der Waals surface area contributed by atoms with Gasteiger partial charge in [-0.1, -0.05) is 51.3 Å².